The highest BCUT2D eigenvalue weighted by Gasteiger charge is 2.31. The first-order valence-corrected chi connectivity index (χ1v) is 11.4. The van der Waals surface area contributed by atoms with Gasteiger partial charge in [-0.25, -0.2) is 4.79 Å². The summed E-state index contributed by atoms with van der Waals surface area (Å²) in [4.78, 5) is 13.2. The van der Waals surface area contributed by atoms with Crippen LogP contribution in [0.3, 0.4) is 0 Å². The van der Waals surface area contributed by atoms with Crippen molar-refractivity contribution in [2.45, 2.75) is 19.8 Å². The molecule has 4 heteroatoms. The molecule has 0 aliphatic carbocycles. The average molecular weight is 401 g/mol. The van der Waals surface area contributed by atoms with E-state index in [1.807, 2.05) is 61.5 Å². The smallest absolute Gasteiger partial charge is 0.334 e. The van der Waals surface area contributed by atoms with E-state index in [0.717, 1.165) is 15.9 Å². The SMILES string of the molecule is CC(C(=O)OCCCC#N)=P(c1ccccc1)(c1ccccc1)c1ccccc1. The fourth-order valence-corrected chi connectivity index (χ4v) is 7.79. The Kier molecular flexibility index (Phi) is 7.06. The summed E-state index contributed by atoms with van der Waals surface area (Å²) in [6.07, 6.45) is 0.922. The largest absolute Gasteiger partial charge is 0.462 e. The Bertz CT molecular complexity index is 935. The van der Waals surface area contributed by atoms with Crippen molar-refractivity contribution in [2.24, 2.45) is 0 Å². The highest BCUT2D eigenvalue weighted by molar-refractivity contribution is 7.96. The first-order chi connectivity index (χ1) is 14.2. The van der Waals surface area contributed by atoms with E-state index in [4.69, 9.17) is 10.00 Å². The topological polar surface area (TPSA) is 50.1 Å². The number of ether oxygens (including phenoxy) is 1. The molecule has 0 aliphatic heterocycles. The molecular weight excluding hydrogens is 377 g/mol. The van der Waals surface area contributed by atoms with Crippen molar-refractivity contribution in [1.29, 1.82) is 5.26 Å². The van der Waals surface area contributed by atoms with Crippen LogP contribution in [0.5, 0.6) is 0 Å². The van der Waals surface area contributed by atoms with Crippen molar-refractivity contribution < 1.29 is 9.53 Å². The highest BCUT2D eigenvalue weighted by Crippen LogP contribution is 2.46. The summed E-state index contributed by atoms with van der Waals surface area (Å²) in [5.41, 5.74) is 0. The van der Waals surface area contributed by atoms with Gasteiger partial charge in [-0.1, -0.05) is 91.0 Å². The van der Waals surface area contributed by atoms with Crippen molar-refractivity contribution >= 4 is 34.1 Å². The van der Waals surface area contributed by atoms with Crippen LogP contribution in [0.15, 0.2) is 91.0 Å². The second-order valence-corrected chi connectivity index (χ2v) is 10.2. The molecule has 0 saturated heterocycles. The summed E-state index contributed by atoms with van der Waals surface area (Å²) in [6.45, 7) is -0.231. The van der Waals surface area contributed by atoms with E-state index >= 15 is 0 Å². The van der Waals surface area contributed by atoms with Gasteiger partial charge in [-0.05, 0) is 36.1 Å². The summed E-state index contributed by atoms with van der Waals surface area (Å²) < 4.78 is 5.58. The summed E-state index contributed by atoms with van der Waals surface area (Å²) in [7, 11) is 0. The van der Waals surface area contributed by atoms with Gasteiger partial charge in [0.15, 0.2) is 0 Å². The molecule has 0 N–H and O–H groups in total. The number of carbonyl (C=O) groups is 1. The molecule has 0 amide bonds. The number of nitrogens with zero attached hydrogens (tertiary/aromatic N) is 1. The zero-order valence-corrected chi connectivity index (χ0v) is 17.4. The quantitative estimate of drug-likeness (QED) is 0.341. The lowest BCUT2D eigenvalue weighted by Gasteiger charge is -2.31. The zero-order chi connectivity index (χ0) is 20.5. The van der Waals surface area contributed by atoms with E-state index in [9.17, 15) is 4.79 Å². The van der Waals surface area contributed by atoms with E-state index in [2.05, 4.69) is 42.5 Å². The van der Waals surface area contributed by atoms with E-state index in [0.29, 0.717) is 18.1 Å². The van der Waals surface area contributed by atoms with Crippen molar-refractivity contribution in [2.75, 3.05) is 6.61 Å². The molecule has 3 rings (SSSR count). The molecule has 0 atom stereocenters. The third-order valence-corrected chi connectivity index (χ3v) is 9.30. The van der Waals surface area contributed by atoms with Gasteiger partial charge in [0, 0.05) is 11.7 Å². The Hall–Kier alpha value is -3.08. The van der Waals surface area contributed by atoms with Crippen molar-refractivity contribution in [1.82, 2.24) is 0 Å². The number of hydrogen-bond donors (Lipinski definition) is 0. The number of carbonyl (C=O) groups excluding carboxylic acids is 1. The first-order valence-electron chi connectivity index (χ1n) is 9.65. The average Bonchev–Trinajstić information content (AvgIpc) is 2.79. The number of benzene rings is 3. The van der Waals surface area contributed by atoms with Gasteiger partial charge in [0.05, 0.1) is 12.7 Å². The van der Waals surface area contributed by atoms with Crippen LogP contribution in [-0.2, 0) is 9.53 Å². The maximum absolute atomic E-state index is 13.2. The fourth-order valence-electron chi connectivity index (χ4n) is 3.54. The van der Waals surface area contributed by atoms with Crippen LogP contribution in [0.25, 0.3) is 0 Å². The Morgan fingerprint density at radius 2 is 1.24 bits per heavy atom. The number of unbranched alkanes of at least 4 members (excludes halogenated alkanes) is 1. The predicted molar refractivity (Wildman–Crippen MR) is 122 cm³/mol. The van der Waals surface area contributed by atoms with E-state index < -0.39 is 6.89 Å². The van der Waals surface area contributed by atoms with Crippen molar-refractivity contribution in [3.8, 4) is 6.07 Å². The van der Waals surface area contributed by atoms with Crippen LogP contribution in [-0.4, -0.2) is 17.9 Å². The number of esters is 1. The van der Waals surface area contributed by atoms with Gasteiger partial charge in [0.25, 0.3) is 0 Å². The molecule has 0 fully saturated rings. The van der Waals surface area contributed by atoms with E-state index in [1.54, 1.807) is 0 Å². The van der Waals surface area contributed by atoms with Crippen LogP contribution < -0.4 is 15.9 Å². The molecule has 0 aromatic heterocycles. The van der Waals surface area contributed by atoms with Gasteiger partial charge in [0.2, 0.25) is 0 Å². The molecule has 3 aromatic carbocycles. The standard InChI is InChI=1S/C25H24NO2P/c1-21(25(27)28-20-12-11-19-26)29(22-13-5-2-6-14-22,23-15-7-3-8-16-23)24-17-9-4-10-18-24/h2-10,13-18H,11-12,20H2,1H3. The molecule has 3 aromatic rings. The van der Waals surface area contributed by atoms with Gasteiger partial charge in [0.1, 0.15) is 0 Å². The summed E-state index contributed by atoms with van der Waals surface area (Å²) in [5.74, 6) is -0.298. The lowest BCUT2D eigenvalue weighted by molar-refractivity contribution is -0.135. The van der Waals surface area contributed by atoms with Crippen molar-refractivity contribution in [3.05, 3.63) is 91.0 Å². The van der Waals surface area contributed by atoms with Crippen LogP contribution in [0.4, 0.5) is 0 Å². The minimum Gasteiger partial charge on any atom is -0.462 e. The van der Waals surface area contributed by atoms with Gasteiger partial charge in [-0.2, -0.15) is 5.26 Å². The van der Waals surface area contributed by atoms with Crippen LogP contribution in [0.2, 0.25) is 0 Å². The van der Waals surface area contributed by atoms with Gasteiger partial charge < -0.3 is 4.74 Å². The normalized spacial score (nSPS) is 10.8. The molecule has 29 heavy (non-hydrogen) atoms. The third kappa shape index (κ3) is 4.34. The summed E-state index contributed by atoms with van der Waals surface area (Å²) in [5, 5.41) is 12.8. The molecule has 0 heterocycles. The maximum Gasteiger partial charge on any atom is 0.334 e. The summed E-state index contributed by atoms with van der Waals surface area (Å²) in [6, 6.07) is 32.7. The maximum atomic E-state index is 13.2. The molecule has 0 aliphatic rings. The fraction of sp³-hybridized carbons (Fsp3) is 0.160. The Labute approximate surface area is 172 Å². The molecule has 0 spiro atoms. The lowest BCUT2D eigenvalue weighted by atomic mass is 10.3. The number of rotatable bonds is 7. The second-order valence-electron chi connectivity index (χ2n) is 6.66. The Morgan fingerprint density at radius 3 is 1.62 bits per heavy atom. The first kappa shape index (κ1) is 20.6. The minimum atomic E-state index is -2.38. The molecule has 0 radical (unpaired) electrons. The molecule has 3 nitrogen and oxygen atoms in total. The number of hydrogen-bond acceptors (Lipinski definition) is 3. The van der Waals surface area contributed by atoms with Gasteiger partial charge in [-0.3, -0.25) is 0 Å². The lowest BCUT2D eigenvalue weighted by Crippen LogP contribution is -2.33. The van der Waals surface area contributed by atoms with Crippen LogP contribution in [0, 0.1) is 11.3 Å². The summed E-state index contributed by atoms with van der Waals surface area (Å²) >= 11 is 0. The highest BCUT2D eigenvalue weighted by atomic mass is 31.2. The Morgan fingerprint density at radius 1 is 0.828 bits per heavy atom. The zero-order valence-electron chi connectivity index (χ0n) is 16.5. The molecule has 0 unspecified atom stereocenters. The molecular formula is C25H24NO2P. The monoisotopic (exact) mass is 401 g/mol. The van der Waals surface area contributed by atoms with Crippen molar-refractivity contribution in [3.63, 3.8) is 0 Å². The molecule has 146 valence electrons. The van der Waals surface area contributed by atoms with E-state index in [-0.39, 0.29) is 12.6 Å². The van der Waals surface area contributed by atoms with Crippen LogP contribution >= 0.6 is 6.89 Å². The van der Waals surface area contributed by atoms with Gasteiger partial charge in [-0.15, -0.1) is 0 Å². The van der Waals surface area contributed by atoms with E-state index in [1.165, 1.54) is 0 Å². The number of nitriles is 1. The minimum absolute atomic E-state index is 0.252. The van der Waals surface area contributed by atoms with Crippen LogP contribution in [0.1, 0.15) is 19.8 Å². The third-order valence-electron chi connectivity index (χ3n) is 4.90. The Balaban J connectivity index is 2.28. The second kappa shape index (κ2) is 9.92. The molecule has 0 bridgehead atoms. The molecule has 0 saturated carbocycles. The predicted octanol–water partition coefficient (Wildman–Crippen LogP) is 4.02. The van der Waals surface area contributed by atoms with Gasteiger partial charge >= 0.3 is 5.97 Å².